The van der Waals surface area contributed by atoms with Gasteiger partial charge >= 0.3 is 0 Å². The standard InChI is InChI=1S/C22H23N5O/c1-14-17(11-23-20(24-14)15-5-3-2-4-6-15)12-27-10-9-19-18(13-27)22(28)26-21(25-19)16-7-8-16/h2-6,11,16H,7-10,12-13H2,1H3,(H,25,26,28). The predicted octanol–water partition coefficient (Wildman–Crippen LogP) is 2.97. The zero-order valence-corrected chi connectivity index (χ0v) is 16.0. The molecular formula is C22H23N5O. The summed E-state index contributed by atoms with van der Waals surface area (Å²) in [6.45, 7) is 4.29. The van der Waals surface area contributed by atoms with Gasteiger partial charge in [0.05, 0.1) is 11.3 Å². The lowest BCUT2D eigenvalue weighted by Gasteiger charge is -2.28. The van der Waals surface area contributed by atoms with Crippen LogP contribution in [0, 0.1) is 6.92 Å². The molecule has 6 nitrogen and oxygen atoms in total. The van der Waals surface area contributed by atoms with Crippen LogP contribution in [-0.2, 0) is 19.5 Å². The van der Waals surface area contributed by atoms with Crippen LogP contribution in [0.1, 0.15) is 47.1 Å². The van der Waals surface area contributed by atoms with Gasteiger partial charge in [0.1, 0.15) is 5.82 Å². The number of aromatic nitrogens is 4. The fourth-order valence-electron chi connectivity index (χ4n) is 3.80. The van der Waals surface area contributed by atoms with Gasteiger partial charge in [0.25, 0.3) is 5.56 Å². The number of hydrogen-bond donors (Lipinski definition) is 1. The van der Waals surface area contributed by atoms with E-state index in [0.29, 0.717) is 12.5 Å². The molecule has 2 aliphatic rings. The molecule has 0 amide bonds. The first-order valence-corrected chi connectivity index (χ1v) is 9.89. The molecule has 0 saturated heterocycles. The summed E-state index contributed by atoms with van der Waals surface area (Å²) in [6, 6.07) is 10.0. The smallest absolute Gasteiger partial charge is 0.255 e. The van der Waals surface area contributed by atoms with Gasteiger partial charge in [-0.3, -0.25) is 9.69 Å². The number of benzene rings is 1. The van der Waals surface area contributed by atoms with Gasteiger partial charge in [-0.2, -0.15) is 0 Å². The van der Waals surface area contributed by atoms with Crippen molar-refractivity contribution in [3.8, 4) is 11.4 Å². The second kappa shape index (κ2) is 6.95. The number of nitrogens with zero attached hydrogens (tertiary/aromatic N) is 4. The van der Waals surface area contributed by atoms with Gasteiger partial charge in [0.15, 0.2) is 5.82 Å². The molecule has 3 heterocycles. The molecule has 6 heteroatoms. The first-order valence-electron chi connectivity index (χ1n) is 9.89. The minimum atomic E-state index is 0.0315. The molecule has 0 radical (unpaired) electrons. The van der Waals surface area contributed by atoms with E-state index >= 15 is 0 Å². The Hall–Kier alpha value is -2.86. The Morgan fingerprint density at radius 1 is 1.18 bits per heavy atom. The van der Waals surface area contributed by atoms with E-state index in [1.165, 1.54) is 0 Å². The molecule has 28 heavy (non-hydrogen) atoms. The largest absolute Gasteiger partial charge is 0.310 e. The molecule has 0 spiro atoms. The number of nitrogens with one attached hydrogen (secondary N) is 1. The van der Waals surface area contributed by atoms with Gasteiger partial charge in [-0.1, -0.05) is 30.3 Å². The summed E-state index contributed by atoms with van der Waals surface area (Å²) in [5.41, 5.74) is 4.93. The Balaban J connectivity index is 1.34. The number of rotatable bonds is 4. The number of aromatic amines is 1. The third kappa shape index (κ3) is 3.36. The van der Waals surface area contributed by atoms with E-state index < -0.39 is 0 Å². The number of fused-ring (bicyclic) bond motifs is 1. The maximum atomic E-state index is 12.5. The number of aryl methyl sites for hydroxylation is 1. The van der Waals surface area contributed by atoms with E-state index in [1.807, 2.05) is 43.5 Å². The summed E-state index contributed by atoms with van der Waals surface area (Å²) in [5, 5.41) is 0. The molecular weight excluding hydrogens is 350 g/mol. The van der Waals surface area contributed by atoms with Crippen LogP contribution in [-0.4, -0.2) is 31.4 Å². The van der Waals surface area contributed by atoms with Gasteiger partial charge in [-0.15, -0.1) is 0 Å². The summed E-state index contributed by atoms with van der Waals surface area (Å²) in [7, 11) is 0. The van der Waals surface area contributed by atoms with Gasteiger partial charge in [0.2, 0.25) is 0 Å². The number of hydrogen-bond acceptors (Lipinski definition) is 5. The van der Waals surface area contributed by atoms with Crippen molar-refractivity contribution in [2.24, 2.45) is 0 Å². The molecule has 3 aromatic rings. The average Bonchev–Trinajstić information content (AvgIpc) is 3.56. The lowest BCUT2D eigenvalue weighted by molar-refractivity contribution is 0.240. The molecule has 142 valence electrons. The normalized spacial score (nSPS) is 16.8. The fourth-order valence-corrected chi connectivity index (χ4v) is 3.80. The lowest BCUT2D eigenvalue weighted by atomic mass is 10.1. The first-order chi connectivity index (χ1) is 13.7. The van der Waals surface area contributed by atoms with Crippen molar-refractivity contribution in [1.29, 1.82) is 0 Å². The maximum absolute atomic E-state index is 12.5. The van der Waals surface area contributed by atoms with Crippen molar-refractivity contribution in [3.63, 3.8) is 0 Å². The van der Waals surface area contributed by atoms with Crippen LogP contribution in [0.15, 0.2) is 41.3 Å². The SMILES string of the molecule is Cc1nc(-c2ccccc2)ncc1CN1CCc2nc(C3CC3)[nH]c(=O)c2C1. The molecule has 2 aromatic heterocycles. The van der Waals surface area contributed by atoms with Crippen molar-refractivity contribution < 1.29 is 0 Å². The lowest BCUT2D eigenvalue weighted by Crippen LogP contribution is -2.36. The van der Waals surface area contributed by atoms with Crippen LogP contribution in [0.2, 0.25) is 0 Å². The highest BCUT2D eigenvalue weighted by Crippen LogP contribution is 2.37. The first kappa shape index (κ1) is 17.3. The van der Waals surface area contributed by atoms with Crippen LogP contribution in [0.3, 0.4) is 0 Å². The van der Waals surface area contributed by atoms with Crippen LogP contribution in [0.4, 0.5) is 0 Å². The van der Waals surface area contributed by atoms with Crippen LogP contribution < -0.4 is 5.56 Å². The highest BCUT2D eigenvalue weighted by molar-refractivity contribution is 5.54. The van der Waals surface area contributed by atoms with E-state index in [0.717, 1.165) is 72.1 Å². The Morgan fingerprint density at radius 3 is 2.75 bits per heavy atom. The summed E-state index contributed by atoms with van der Waals surface area (Å²) in [4.78, 5) is 31.8. The zero-order chi connectivity index (χ0) is 19.1. The maximum Gasteiger partial charge on any atom is 0.255 e. The summed E-state index contributed by atoms with van der Waals surface area (Å²) in [6.07, 6.45) is 5.03. The van der Waals surface area contributed by atoms with Crippen molar-refractivity contribution >= 4 is 0 Å². The molecule has 0 atom stereocenters. The van der Waals surface area contributed by atoms with Crippen LogP contribution in [0.5, 0.6) is 0 Å². The summed E-state index contributed by atoms with van der Waals surface area (Å²) in [5.74, 6) is 2.11. The molecule has 5 rings (SSSR count). The Bertz CT molecular complexity index is 1070. The molecule has 1 aliphatic heterocycles. The minimum Gasteiger partial charge on any atom is -0.310 e. The quantitative estimate of drug-likeness (QED) is 0.761. The Kier molecular flexibility index (Phi) is 4.28. The summed E-state index contributed by atoms with van der Waals surface area (Å²) >= 11 is 0. The van der Waals surface area contributed by atoms with Crippen molar-refractivity contribution in [3.05, 3.63) is 75.2 Å². The van der Waals surface area contributed by atoms with Crippen molar-refractivity contribution in [1.82, 2.24) is 24.8 Å². The van der Waals surface area contributed by atoms with E-state index in [4.69, 9.17) is 9.97 Å². The van der Waals surface area contributed by atoms with E-state index in [2.05, 4.69) is 14.9 Å². The third-order valence-corrected chi connectivity index (χ3v) is 5.64. The van der Waals surface area contributed by atoms with Gasteiger partial charge in [-0.05, 0) is 19.8 Å². The zero-order valence-electron chi connectivity index (χ0n) is 16.0. The third-order valence-electron chi connectivity index (χ3n) is 5.64. The molecule has 0 unspecified atom stereocenters. The minimum absolute atomic E-state index is 0.0315. The average molecular weight is 373 g/mol. The molecule has 1 aromatic carbocycles. The number of H-pyrrole nitrogens is 1. The second-order valence-corrected chi connectivity index (χ2v) is 7.78. The van der Waals surface area contributed by atoms with Crippen molar-refractivity contribution in [2.45, 2.75) is 45.2 Å². The molecule has 0 bridgehead atoms. The Labute approximate surface area is 163 Å². The Morgan fingerprint density at radius 2 is 2.00 bits per heavy atom. The topological polar surface area (TPSA) is 74.8 Å². The van der Waals surface area contributed by atoms with Crippen LogP contribution in [0.25, 0.3) is 11.4 Å². The monoisotopic (exact) mass is 373 g/mol. The highest BCUT2D eigenvalue weighted by Gasteiger charge is 2.29. The van der Waals surface area contributed by atoms with Crippen molar-refractivity contribution in [2.75, 3.05) is 6.54 Å². The second-order valence-electron chi connectivity index (χ2n) is 7.78. The van der Waals surface area contributed by atoms with Gasteiger partial charge in [-0.25, -0.2) is 15.0 Å². The van der Waals surface area contributed by atoms with Gasteiger partial charge < -0.3 is 4.98 Å². The summed E-state index contributed by atoms with van der Waals surface area (Å²) < 4.78 is 0. The highest BCUT2D eigenvalue weighted by atomic mass is 16.1. The molecule has 1 N–H and O–H groups in total. The van der Waals surface area contributed by atoms with Gasteiger partial charge in [0, 0.05) is 55.0 Å². The molecule has 1 aliphatic carbocycles. The molecule has 1 fully saturated rings. The van der Waals surface area contributed by atoms with E-state index in [1.54, 1.807) is 0 Å². The van der Waals surface area contributed by atoms with Crippen LogP contribution >= 0.6 is 0 Å². The van der Waals surface area contributed by atoms with E-state index in [9.17, 15) is 4.79 Å². The fraction of sp³-hybridized carbons (Fsp3) is 0.364. The van der Waals surface area contributed by atoms with E-state index in [-0.39, 0.29) is 5.56 Å². The molecule has 1 saturated carbocycles. The predicted molar refractivity (Wildman–Crippen MR) is 107 cm³/mol.